The highest BCUT2D eigenvalue weighted by Gasteiger charge is 2.16. The molecule has 0 saturated heterocycles. The third-order valence-corrected chi connectivity index (χ3v) is 8.88. The van der Waals surface area contributed by atoms with E-state index >= 15 is 0 Å². The van der Waals surface area contributed by atoms with Gasteiger partial charge in [-0.3, -0.25) is 0 Å². The first-order chi connectivity index (χ1) is 22.8. The third kappa shape index (κ3) is 4.58. The summed E-state index contributed by atoms with van der Waals surface area (Å²) in [5.41, 5.74) is 5.23. The van der Waals surface area contributed by atoms with Crippen LogP contribution in [0.5, 0.6) is 0 Å². The molecule has 3 heteroatoms. The van der Waals surface area contributed by atoms with E-state index in [1.54, 1.807) is 0 Å². The molecule has 1 aromatic heterocycles. The fraction of sp³-hybridized carbons (Fsp3) is 0. The first-order valence-corrected chi connectivity index (χ1v) is 15.5. The molecule has 0 N–H and O–H groups in total. The van der Waals surface area contributed by atoms with E-state index in [1.807, 2.05) is 0 Å². The third-order valence-electron chi connectivity index (χ3n) is 8.88. The molecule has 46 heavy (non-hydrogen) atoms. The zero-order valence-electron chi connectivity index (χ0n) is 24.9. The van der Waals surface area contributed by atoms with Gasteiger partial charge in [-0.1, -0.05) is 146 Å². The summed E-state index contributed by atoms with van der Waals surface area (Å²) in [5, 5.41) is 9.49. The van der Waals surface area contributed by atoms with Crippen molar-refractivity contribution < 1.29 is 0 Å². The lowest BCUT2D eigenvalue weighted by Crippen LogP contribution is -2.01. The van der Waals surface area contributed by atoms with Gasteiger partial charge in [0.15, 0.2) is 17.5 Å². The molecule has 0 radical (unpaired) electrons. The quantitative estimate of drug-likeness (QED) is 0.193. The normalized spacial score (nSPS) is 11.5. The average molecular weight is 586 g/mol. The SMILES string of the molecule is c1ccc2cc(-c3ccc(-c4nc(-c5ccc6ccccc6c5)nc(-c5cc6ccccc6c6ccccc56)n4)cc3)ccc2c1. The number of hydrogen-bond acceptors (Lipinski definition) is 3. The van der Waals surface area contributed by atoms with Crippen molar-refractivity contribution in [2.45, 2.75) is 0 Å². The van der Waals surface area contributed by atoms with Crippen LogP contribution in [0.1, 0.15) is 0 Å². The van der Waals surface area contributed by atoms with Crippen LogP contribution in [0.15, 0.2) is 164 Å². The Morgan fingerprint density at radius 3 is 1.41 bits per heavy atom. The van der Waals surface area contributed by atoms with Crippen molar-refractivity contribution in [2.75, 3.05) is 0 Å². The van der Waals surface area contributed by atoms with Crippen LogP contribution in [0.3, 0.4) is 0 Å². The number of rotatable bonds is 4. The van der Waals surface area contributed by atoms with Crippen LogP contribution in [-0.4, -0.2) is 15.0 Å². The summed E-state index contributed by atoms with van der Waals surface area (Å²) in [7, 11) is 0. The van der Waals surface area contributed by atoms with Crippen molar-refractivity contribution in [2.24, 2.45) is 0 Å². The van der Waals surface area contributed by atoms with Crippen LogP contribution in [0.2, 0.25) is 0 Å². The van der Waals surface area contributed by atoms with Gasteiger partial charge in [0.05, 0.1) is 0 Å². The summed E-state index contributed by atoms with van der Waals surface area (Å²) >= 11 is 0. The minimum Gasteiger partial charge on any atom is -0.208 e. The van der Waals surface area contributed by atoms with E-state index < -0.39 is 0 Å². The largest absolute Gasteiger partial charge is 0.208 e. The van der Waals surface area contributed by atoms with Crippen LogP contribution in [-0.2, 0) is 0 Å². The van der Waals surface area contributed by atoms with Crippen molar-refractivity contribution >= 4 is 43.1 Å². The Bertz CT molecular complexity index is 2590. The second-order valence-corrected chi connectivity index (χ2v) is 11.7. The fourth-order valence-corrected chi connectivity index (χ4v) is 6.50. The summed E-state index contributed by atoms with van der Waals surface area (Å²) in [6, 6.07) is 57.6. The molecule has 9 aromatic rings. The Kier molecular flexibility index (Phi) is 6.14. The Balaban J connectivity index is 1.22. The highest BCUT2D eigenvalue weighted by molar-refractivity contribution is 6.13. The predicted molar refractivity (Wildman–Crippen MR) is 192 cm³/mol. The molecule has 0 aliphatic carbocycles. The van der Waals surface area contributed by atoms with Crippen molar-refractivity contribution in [3.8, 4) is 45.3 Å². The zero-order valence-corrected chi connectivity index (χ0v) is 24.9. The molecular weight excluding hydrogens is 558 g/mol. The molecule has 9 rings (SSSR count). The van der Waals surface area contributed by atoms with Gasteiger partial charge in [-0.05, 0) is 72.4 Å². The molecule has 0 fully saturated rings. The summed E-state index contributed by atoms with van der Waals surface area (Å²) in [4.78, 5) is 15.3. The molecule has 0 amide bonds. The maximum Gasteiger partial charge on any atom is 0.164 e. The van der Waals surface area contributed by atoms with Gasteiger partial charge in [-0.15, -0.1) is 0 Å². The van der Waals surface area contributed by atoms with Gasteiger partial charge in [-0.25, -0.2) is 15.0 Å². The van der Waals surface area contributed by atoms with Crippen LogP contribution in [0.25, 0.3) is 88.4 Å². The van der Waals surface area contributed by atoms with Gasteiger partial charge >= 0.3 is 0 Å². The maximum absolute atomic E-state index is 5.14. The Hall–Kier alpha value is -6.19. The van der Waals surface area contributed by atoms with E-state index in [-0.39, 0.29) is 0 Å². The van der Waals surface area contributed by atoms with Gasteiger partial charge in [0.25, 0.3) is 0 Å². The number of nitrogens with zero attached hydrogens (tertiary/aromatic N) is 3. The molecule has 0 unspecified atom stereocenters. The second-order valence-electron chi connectivity index (χ2n) is 11.7. The number of aromatic nitrogens is 3. The van der Waals surface area contributed by atoms with Crippen LogP contribution in [0, 0.1) is 0 Å². The minimum absolute atomic E-state index is 0.649. The van der Waals surface area contributed by atoms with Crippen molar-refractivity contribution in [1.82, 2.24) is 15.0 Å². The number of benzene rings is 8. The molecule has 3 nitrogen and oxygen atoms in total. The molecule has 0 saturated carbocycles. The van der Waals surface area contributed by atoms with Crippen LogP contribution < -0.4 is 0 Å². The molecule has 0 bridgehead atoms. The highest BCUT2D eigenvalue weighted by Crippen LogP contribution is 2.35. The van der Waals surface area contributed by atoms with Crippen molar-refractivity contribution in [3.63, 3.8) is 0 Å². The smallest absolute Gasteiger partial charge is 0.164 e. The molecule has 8 aromatic carbocycles. The van der Waals surface area contributed by atoms with Crippen molar-refractivity contribution in [3.05, 3.63) is 164 Å². The molecule has 1 heterocycles. The van der Waals surface area contributed by atoms with Gasteiger partial charge < -0.3 is 0 Å². The van der Waals surface area contributed by atoms with E-state index in [0.29, 0.717) is 17.5 Å². The molecule has 0 aliphatic heterocycles. The van der Waals surface area contributed by atoms with Crippen LogP contribution in [0.4, 0.5) is 0 Å². The average Bonchev–Trinajstić information content (AvgIpc) is 3.14. The fourth-order valence-electron chi connectivity index (χ4n) is 6.50. The van der Waals surface area contributed by atoms with Gasteiger partial charge in [-0.2, -0.15) is 0 Å². The topological polar surface area (TPSA) is 38.7 Å². The molecular formula is C43H27N3. The first kappa shape index (κ1) is 26.2. The summed E-state index contributed by atoms with van der Waals surface area (Å²) in [6.45, 7) is 0. The Morgan fingerprint density at radius 2 is 0.717 bits per heavy atom. The van der Waals surface area contributed by atoms with Crippen LogP contribution >= 0.6 is 0 Å². The zero-order chi connectivity index (χ0) is 30.5. The molecule has 0 atom stereocenters. The molecule has 214 valence electrons. The van der Waals surface area contributed by atoms with Gasteiger partial charge in [0, 0.05) is 16.7 Å². The lowest BCUT2D eigenvalue weighted by molar-refractivity contribution is 1.08. The lowest BCUT2D eigenvalue weighted by Gasteiger charge is -2.13. The van der Waals surface area contributed by atoms with Gasteiger partial charge in [0.1, 0.15) is 0 Å². The molecule has 0 spiro atoms. The first-order valence-electron chi connectivity index (χ1n) is 15.5. The van der Waals surface area contributed by atoms with E-state index in [1.165, 1.54) is 32.5 Å². The monoisotopic (exact) mass is 585 g/mol. The summed E-state index contributed by atoms with van der Waals surface area (Å²) in [5.74, 6) is 1.96. The Morgan fingerprint density at radius 1 is 0.261 bits per heavy atom. The highest BCUT2D eigenvalue weighted by atomic mass is 15.0. The standard InChI is InChI=1S/C43H27N3/c1-3-11-32-25-34(23-19-28(32)9-1)30-17-21-31(22-18-30)41-44-42(36-24-20-29-10-2-4-12-33(29)26-36)46-43(45-41)40-27-35-13-5-6-14-37(35)38-15-7-8-16-39(38)40/h1-27H. The maximum atomic E-state index is 5.14. The molecule has 0 aliphatic rings. The van der Waals surface area contributed by atoms with Crippen molar-refractivity contribution in [1.29, 1.82) is 0 Å². The van der Waals surface area contributed by atoms with Gasteiger partial charge in [0.2, 0.25) is 0 Å². The summed E-state index contributed by atoms with van der Waals surface area (Å²) in [6.07, 6.45) is 0. The summed E-state index contributed by atoms with van der Waals surface area (Å²) < 4.78 is 0. The Labute approximate surface area is 266 Å². The van der Waals surface area contributed by atoms with E-state index in [9.17, 15) is 0 Å². The van der Waals surface area contributed by atoms with E-state index in [2.05, 4.69) is 164 Å². The number of hydrogen-bond donors (Lipinski definition) is 0. The lowest BCUT2D eigenvalue weighted by atomic mass is 9.96. The van der Waals surface area contributed by atoms with E-state index in [0.717, 1.165) is 38.4 Å². The minimum atomic E-state index is 0.649. The second kappa shape index (κ2) is 10.8. The number of fused-ring (bicyclic) bond motifs is 5. The van der Waals surface area contributed by atoms with E-state index in [4.69, 9.17) is 15.0 Å². The predicted octanol–water partition coefficient (Wildman–Crippen LogP) is 11.2.